The van der Waals surface area contributed by atoms with Crippen molar-refractivity contribution in [2.24, 2.45) is 0 Å². The zero-order chi connectivity index (χ0) is 57.8. The number of ether oxygens (including phenoxy) is 3. The topological polar surface area (TPSA) is 78.9 Å². The van der Waals surface area contributed by atoms with E-state index in [0.717, 1.165) is 96.3 Å². The lowest BCUT2D eigenvalue weighted by Crippen LogP contribution is -2.30. The minimum atomic E-state index is -0.790. The second-order valence-electron chi connectivity index (χ2n) is 23.8. The van der Waals surface area contributed by atoms with E-state index in [1.807, 2.05) is 0 Å². The van der Waals surface area contributed by atoms with E-state index in [2.05, 4.69) is 81.5 Å². The first kappa shape index (κ1) is 77.1. The van der Waals surface area contributed by atoms with Crippen molar-refractivity contribution in [3.63, 3.8) is 0 Å². The molecule has 466 valence electrons. The van der Waals surface area contributed by atoms with E-state index in [1.165, 1.54) is 238 Å². The Kier molecular flexibility index (Phi) is 66.1. The molecule has 0 aliphatic carbocycles. The molecule has 80 heavy (non-hydrogen) atoms. The predicted octanol–water partition coefficient (Wildman–Crippen LogP) is 24.3. The molecule has 0 N–H and O–H groups in total. The second kappa shape index (κ2) is 68.6. The number of hydrogen-bond acceptors (Lipinski definition) is 6. The standard InChI is InChI=1S/C74H134O6/c1-4-7-10-13-16-19-22-25-27-29-30-31-32-33-34-35-36-37-38-39-40-41-42-43-44-45-47-49-52-55-58-61-64-67-73(76)79-70-71(69-78-72(75)66-63-60-57-54-51-48-24-21-18-15-12-9-6-3)80-74(77)68-65-62-59-56-53-50-46-28-26-23-20-17-14-11-8-5-2/h9,12,18,21,28-30,46,48,51,71H,4-8,10-11,13-17,19-20,22-27,31-45,47,49-50,52-70H2,1-3H3/b12-9-,21-18-,30-29-,46-28-,51-48-. The van der Waals surface area contributed by atoms with E-state index in [4.69, 9.17) is 14.2 Å². The van der Waals surface area contributed by atoms with Crippen LogP contribution in [0.25, 0.3) is 0 Å². The smallest absolute Gasteiger partial charge is 0.306 e. The van der Waals surface area contributed by atoms with E-state index in [1.54, 1.807) is 0 Å². The van der Waals surface area contributed by atoms with Crippen molar-refractivity contribution in [3.05, 3.63) is 60.8 Å². The maximum absolute atomic E-state index is 12.9. The van der Waals surface area contributed by atoms with Gasteiger partial charge in [0.1, 0.15) is 13.2 Å². The lowest BCUT2D eigenvalue weighted by atomic mass is 10.0. The number of hydrogen-bond donors (Lipinski definition) is 0. The summed E-state index contributed by atoms with van der Waals surface area (Å²) < 4.78 is 16.9. The summed E-state index contributed by atoms with van der Waals surface area (Å²) >= 11 is 0. The molecule has 0 saturated carbocycles. The molecular formula is C74H134O6. The van der Waals surface area contributed by atoms with Crippen molar-refractivity contribution in [1.82, 2.24) is 0 Å². The van der Waals surface area contributed by atoms with Crippen LogP contribution in [-0.4, -0.2) is 37.2 Å². The van der Waals surface area contributed by atoms with Gasteiger partial charge in [0.15, 0.2) is 6.10 Å². The molecule has 0 saturated heterocycles. The predicted molar refractivity (Wildman–Crippen MR) is 348 cm³/mol. The summed E-state index contributed by atoms with van der Waals surface area (Å²) in [7, 11) is 0. The minimum absolute atomic E-state index is 0.0837. The Morgan fingerprint density at radius 1 is 0.263 bits per heavy atom. The number of rotatable bonds is 65. The zero-order valence-corrected chi connectivity index (χ0v) is 53.6. The second-order valence-corrected chi connectivity index (χ2v) is 23.8. The normalized spacial score (nSPS) is 12.4. The van der Waals surface area contributed by atoms with E-state index in [0.29, 0.717) is 19.3 Å². The SMILES string of the molecule is CC/C=C\C/C=C\C/C=C\CCCCCC(=O)OCC(COC(=O)CCCCCCCCCCCCCCCCCCCCCCC/C=C\CCCCCCCCCC)OC(=O)CCCCCCC/C=C\CCCCCCCCC. The highest BCUT2D eigenvalue weighted by Gasteiger charge is 2.19. The third kappa shape index (κ3) is 65.9. The number of unbranched alkanes of at least 4 members (excludes halogenated alkanes) is 44. The molecule has 0 aromatic rings. The van der Waals surface area contributed by atoms with Crippen molar-refractivity contribution < 1.29 is 28.6 Å². The molecule has 0 aromatic heterocycles. The first-order valence-electron chi connectivity index (χ1n) is 35.3. The molecule has 6 heteroatoms. The zero-order valence-electron chi connectivity index (χ0n) is 53.6. The highest BCUT2D eigenvalue weighted by Crippen LogP contribution is 2.18. The van der Waals surface area contributed by atoms with Gasteiger partial charge in [-0.1, -0.05) is 313 Å². The Balaban J connectivity index is 4.12. The summed E-state index contributed by atoms with van der Waals surface area (Å²) in [6, 6.07) is 0. The summed E-state index contributed by atoms with van der Waals surface area (Å²) in [6.45, 7) is 6.54. The molecule has 0 radical (unpaired) electrons. The third-order valence-corrected chi connectivity index (χ3v) is 15.7. The Morgan fingerprint density at radius 3 is 0.787 bits per heavy atom. The maximum atomic E-state index is 12.9. The molecule has 1 unspecified atom stereocenters. The van der Waals surface area contributed by atoms with E-state index in [-0.39, 0.29) is 31.1 Å². The van der Waals surface area contributed by atoms with Crippen molar-refractivity contribution in [1.29, 1.82) is 0 Å². The quantitative estimate of drug-likeness (QED) is 0.0261. The van der Waals surface area contributed by atoms with E-state index < -0.39 is 6.10 Å². The van der Waals surface area contributed by atoms with Crippen molar-refractivity contribution in [3.8, 4) is 0 Å². The van der Waals surface area contributed by atoms with Gasteiger partial charge in [0.2, 0.25) is 0 Å². The average molecular weight is 1120 g/mol. The van der Waals surface area contributed by atoms with Gasteiger partial charge in [-0.15, -0.1) is 0 Å². The lowest BCUT2D eigenvalue weighted by molar-refractivity contribution is -0.167. The molecule has 1 atom stereocenters. The van der Waals surface area contributed by atoms with Gasteiger partial charge in [-0.3, -0.25) is 14.4 Å². The van der Waals surface area contributed by atoms with Gasteiger partial charge in [-0.05, 0) is 103 Å². The molecule has 0 bridgehead atoms. The summed E-state index contributed by atoms with van der Waals surface area (Å²) in [5.41, 5.74) is 0. The first-order valence-corrected chi connectivity index (χ1v) is 35.3. The molecule has 0 aromatic carbocycles. The Morgan fingerprint density at radius 2 is 0.487 bits per heavy atom. The van der Waals surface area contributed by atoms with Crippen LogP contribution in [-0.2, 0) is 28.6 Å². The monoisotopic (exact) mass is 1120 g/mol. The van der Waals surface area contributed by atoms with Crippen LogP contribution >= 0.6 is 0 Å². The number of carbonyl (C=O) groups is 3. The van der Waals surface area contributed by atoms with Gasteiger partial charge < -0.3 is 14.2 Å². The molecule has 6 nitrogen and oxygen atoms in total. The van der Waals surface area contributed by atoms with Crippen LogP contribution in [0.15, 0.2) is 60.8 Å². The molecule has 0 heterocycles. The van der Waals surface area contributed by atoms with Crippen LogP contribution in [0.5, 0.6) is 0 Å². The van der Waals surface area contributed by atoms with Crippen molar-refractivity contribution in [2.75, 3.05) is 13.2 Å². The fraction of sp³-hybridized carbons (Fsp3) is 0.824. The Labute approximate surface area is 498 Å². The van der Waals surface area contributed by atoms with Gasteiger partial charge in [-0.2, -0.15) is 0 Å². The van der Waals surface area contributed by atoms with Crippen molar-refractivity contribution >= 4 is 17.9 Å². The molecular weight excluding hydrogens is 985 g/mol. The summed E-state index contributed by atoms with van der Waals surface area (Å²) in [5.74, 6) is -0.904. The summed E-state index contributed by atoms with van der Waals surface area (Å²) in [5, 5.41) is 0. The fourth-order valence-electron chi connectivity index (χ4n) is 10.5. The van der Waals surface area contributed by atoms with Crippen LogP contribution in [0.1, 0.15) is 374 Å². The first-order chi connectivity index (χ1) is 39.5. The van der Waals surface area contributed by atoms with Crippen LogP contribution in [0.2, 0.25) is 0 Å². The van der Waals surface area contributed by atoms with E-state index in [9.17, 15) is 14.4 Å². The molecule has 0 aliphatic rings. The van der Waals surface area contributed by atoms with Crippen LogP contribution in [0, 0.1) is 0 Å². The van der Waals surface area contributed by atoms with Gasteiger partial charge in [0, 0.05) is 19.3 Å². The highest BCUT2D eigenvalue weighted by atomic mass is 16.6. The molecule has 0 amide bonds. The summed E-state index contributed by atoms with van der Waals surface area (Å²) in [6.07, 6.45) is 88.5. The van der Waals surface area contributed by atoms with Crippen LogP contribution in [0.4, 0.5) is 0 Å². The number of allylic oxidation sites excluding steroid dienone is 10. The Hall–Kier alpha value is -2.89. The lowest BCUT2D eigenvalue weighted by Gasteiger charge is -2.18. The number of carbonyl (C=O) groups excluding carboxylic acids is 3. The third-order valence-electron chi connectivity index (χ3n) is 15.7. The largest absolute Gasteiger partial charge is 0.462 e. The number of esters is 3. The maximum Gasteiger partial charge on any atom is 0.306 e. The molecule has 0 aliphatic heterocycles. The van der Waals surface area contributed by atoms with Gasteiger partial charge in [0.25, 0.3) is 0 Å². The fourth-order valence-corrected chi connectivity index (χ4v) is 10.5. The van der Waals surface area contributed by atoms with Gasteiger partial charge >= 0.3 is 17.9 Å². The minimum Gasteiger partial charge on any atom is -0.462 e. The molecule has 0 spiro atoms. The van der Waals surface area contributed by atoms with E-state index >= 15 is 0 Å². The van der Waals surface area contributed by atoms with Crippen LogP contribution in [0.3, 0.4) is 0 Å². The van der Waals surface area contributed by atoms with Gasteiger partial charge in [-0.25, -0.2) is 0 Å². The summed E-state index contributed by atoms with van der Waals surface area (Å²) in [4.78, 5) is 38.3. The molecule has 0 fully saturated rings. The van der Waals surface area contributed by atoms with Crippen LogP contribution < -0.4 is 0 Å². The van der Waals surface area contributed by atoms with Crippen molar-refractivity contribution in [2.45, 2.75) is 380 Å². The van der Waals surface area contributed by atoms with Gasteiger partial charge in [0.05, 0.1) is 0 Å². The highest BCUT2D eigenvalue weighted by molar-refractivity contribution is 5.71. The average Bonchev–Trinajstić information content (AvgIpc) is 3.46. The Bertz CT molecular complexity index is 1430. The molecule has 0 rings (SSSR count).